The fourth-order valence-corrected chi connectivity index (χ4v) is 5.24. The molecule has 168 valence electrons. The third-order valence-corrected chi connectivity index (χ3v) is 6.94. The fourth-order valence-electron chi connectivity index (χ4n) is 4.29. The number of fused-ring (bicyclic) bond motifs is 1. The van der Waals surface area contributed by atoms with Crippen molar-refractivity contribution >= 4 is 32.6 Å². The Morgan fingerprint density at radius 2 is 1.64 bits per heavy atom. The van der Waals surface area contributed by atoms with E-state index >= 15 is 0 Å². The standard InChI is InChI=1S/C27H27N3O2S/c31-26(18-23(21-7-3-1-4-8-21)22-9-5-2-6-10-22)29-27-28-24-12-11-20(17-25(24)33-27)19-30-13-15-32-16-14-30/h1-12,17,23H,13-16,18-19H2,(H,28,29,31). The molecule has 3 aromatic carbocycles. The number of hydrogen-bond acceptors (Lipinski definition) is 5. The Bertz CT molecular complexity index is 1160. The predicted molar refractivity (Wildman–Crippen MR) is 134 cm³/mol. The summed E-state index contributed by atoms with van der Waals surface area (Å²) in [6.45, 7) is 4.44. The van der Waals surface area contributed by atoms with Crippen molar-refractivity contribution in [2.45, 2.75) is 18.9 Å². The quantitative estimate of drug-likeness (QED) is 0.410. The Kier molecular flexibility index (Phi) is 6.76. The lowest BCUT2D eigenvalue weighted by atomic mass is 9.88. The molecule has 0 radical (unpaired) electrons. The van der Waals surface area contributed by atoms with Gasteiger partial charge in [0.1, 0.15) is 0 Å². The van der Waals surface area contributed by atoms with Gasteiger partial charge in [0.2, 0.25) is 5.91 Å². The van der Waals surface area contributed by atoms with Crippen LogP contribution in [0.5, 0.6) is 0 Å². The third kappa shape index (κ3) is 5.47. The molecule has 1 aromatic heterocycles. The minimum absolute atomic E-state index is 0.00176. The molecule has 0 atom stereocenters. The van der Waals surface area contributed by atoms with E-state index in [4.69, 9.17) is 4.74 Å². The van der Waals surface area contributed by atoms with Crippen molar-refractivity contribution in [3.05, 3.63) is 95.6 Å². The average molecular weight is 458 g/mol. The van der Waals surface area contributed by atoms with Crippen LogP contribution in [-0.4, -0.2) is 42.1 Å². The SMILES string of the molecule is O=C(CC(c1ccccc1)c1ccccc1)Nc1nc2ccc(CN3CCOCC3)cc2s1. The van der Waals surface area contributed by atoms with Gasteiger partial charge in [-0.2, -0.15) is 0 Å². The highest BCUT2D eigenvalue weighted by atomic mass is 32.1. The molecule has 5 rings (SSSR count). The van der Waals surface area contributed by atoms with Gasteiger partial charge in [0.05, 0.1) is 23.4 Å². The molecule has 1 fully saturated rings. The van der Waals surface area contributed by atoms with E-state index in [-0.39, 0.29) is 11.8 Å². The Balaban J connectivity index is 1.29. The van der Waals surface area contributed by atoms with E-state index in [1.54, 1.807) is 0 Å². The Hall–Kier alpha value is -3.06. The van der Waals surface area contributed by atoms with Crippen LogP contribution in [0.1, 0.15) is 29.0 Å². The van der Waals surface area contributed by atoms with Gasteiger partial charge in [0.15, 0.2) is 5.13 Å². The Morgan fingerprint density at radius 1 is 0.970 bits per heavy atom. The zero-order valence-electron chi connectivity index (χ0n) is 18.4. The van der Waals surface area contributed by atoms with E-state index in [1.165, 1.54) is 16.9 Å². The number of anilines is 1. The van der Waals surface area contributed by atoms with E-state index in [2.05, 4.69) is 51.6 Å². The number of nitrogens with zero attached hydrogens (tertiary/aromatic N) is 2. The molecule has 0 saturated carbocycles. The zero-order valence-corrected chi connectivity index (χ0v) is 19.3. The van der Waals surface area contributed by atoms with Crippen LogP contribution in [0.25, 0.3) is 10.2 Å². The maximum atomic E-state index is 13.0. The van der Waals surface area contributed by atoms with Gasteiger partial charge in [-0.3, -0.25) is 9.69 Å². The lowest BCUT2D eigenvalue weighted by Crippen LogP contribution is -2.35. The summed E-state index contributed by atoms with van der Waals surface area (Å²) in [5.41, 5.74) is 4.45. The highest BCUT2D eigenvalue weighted by Crippen LogP contribution is 2.30. The molecule has 1 aliphatic rings. The monoisotopic (exact) mass is 457 g/mol. The number of nitrogens with one attached hydrogen (secondary N) is 1. The van der Waals surface area contributed by atoms with Gasteiger partial charge < -0.3 is 10.1 Å². The summed E-state index contributed by atoms with van der Waals surface area (Å²) in [4.78, 5) is 20.1. The number of carbonyl (C=O) groups excluding carboxylic acids is 1. The maximum absolute atomic E-state index is 13.0. The summed E-state index contributed by atoms with van der Waals surface area (Å²) < 4.78 is 6.54. The number of thiazole rings is 1. The summed E-state index contributed by atoms with van der Waals surface area (Å²) in [5.74, 6) is -0.0257. The minimum Gasteiger partial charge on any atom is -0.379 e. The van der Waals surface area contributed by atoms with Crippen molar-refractivity contribution in [1.29, 1.82) is 0 Å². The molecular formula is C27H27N3O2S. The maximum Gasteiger partial charge on any atom is 0.227 e. The first-order valence-electron chi connectivity index (χ1n) is 11.3. The van der Waals surface area contributed by atoms with Crippen LogP contribution in [0.15, 0.2) is 78.9 Å². The topological polar surface area (TPSA) is 54.5 Å². The number of morpholine rings is 1. The number of carbonyl (C=O) groups is 1. The van der Waals surface area contributed by atoms with Crippen molar-refractivity contribution in [2.24, 2.45) is 0 Å². The van der Waals surface area contributed by atoms with E-state index in [0.717, 1.165) is 54.2 Å². The van der Waals surface area contributed by atoms with Crippen molar-refractivity contribution in [3.8, 4) is 0 Å². The lowest BCUT2D eigenvalue weighted by molar-refractivity contribution is -0.116. The van der Waals surface area contributed by atoms with Crippen LogP contribution in [-0.2, 0) is 16.1 Å². The predicted octanol–water partition coefficient (Wildman–Crippen LogP) is 5.29. The lowest BCUT2D eigenvalue weighted by Gasteiger charge is -2.26. The molecule has 0 spiro atoms. The van der Waals surface area contributed by atoms with Gasteiger partial charge in [-0.25, -0.2) is 4.98 Å². The number of hydrogen-bond donors (Lipinski definition) is 1. The molecule has 2 heterocycles. The first kappa shape index (κ1) is 21.8. The van der Waals surface area contributed by atoms with Gasteiger partial charge in [-0.05, 0) is 28.8 Å². The highest BCUT2D eigenvalue weighted by Gasteiger charge is 2.19. The molecular weight excluding hydrogens is 430 g/mol. The van der Waals surface area contributed by atoms with Crippen LogP contribution in [0, 0.1) is 0 Å². The molecule has 1 N–H and O–H groups in total. The van der Waals surface area contributed by atoms with Gasteiger partial charge >= 0.3 is 0 Å². The third-order valence-electron chi connectivity index (χ3n) is 6.00. The van der Waals surface area contributed by atoms with Gasteiger partial charge in [0, 0.05) is 32.0 Å². The fraction of sp³-hybridized carbons (Fsp3) is 0.259. The Morgan fingerprint density at radius 3 is 2.30 bits per heavy atom. The zero-order chi connectivity index (χ0) is 22.5. The first-order valence-corrected chi connectivity index (χ1v) is 12.2. The minimum atomic E-state index is -0.0275. The van der Waals surface area contributed by atoms with Crippen LogP contribution in [0.2, 0.25) is 0 Å². The van der Waals surface area contributed by atoms with Gasteiger partial charge in [-0.15, -0.1) is 0 Å². The molecule has 0 unspecified atom stereocenters. The van der Waals surface area contributed by atoms with Crippen LogP contribution in [0.3, 0.4) is 0 Å². The molecule has 1 saturated heterocycles. The van der Waals surface area contributed by atoms with Crippen LogP contribution < -0.4 is 5.32 Å². The number of ether oxygens (including phenoxy) is 1. The van der Waals surface area contributed by atoms with E-state index in [0.29, 0.717) is 11.6 Å². The van der Waals surface area contributed by atoms with E-state index in [9.17, 15) is 4.79 Å². The molecule has 4 aromatic rings. The average Bonchev–Trinajstić information content (AvgIpc) is 3.25. The second-order valence-electron chi connectivity index (χ2n) is 8.34. The smallest absolute Gasteiger partial charge is 0.227 e. The molecule has 0 aliphatic carbocycles. The second kappa shape index (κ2) is 10.3. The first-order chi connectivity index (χ1) is 16.2. The van der Waals surface area contributed by atoms with Crippen molar-refractivity contribution < 1.29 is 9.53 Å². The van der Waals surface area contributed by atoms with Gasteiger partial charge in [-0.1, -0.05) is 78.1 Å². The summed E-state index contributed by atoms with van der Waals surface area (Å²) >= 11 is 1.53. The number of amides is 1. The summed E-state index contributed by atoms with van der Waals surface area (Å²) in [7, 11) is 0. The van der Waals surface area contributed by atoms with Crippen LogP contribution >= 0.6 is 11.3 Å². The van der Waals surface area contributed by atoms with Crippen LogP contribution in [0.4, 0.5) is 5.13 Å². The summed E-state index contributed by atoms with van der Waals surface area (Å²) in [6.07, 6.45) is 0.367. The van der Waals surface area contributed by atoms with Crippen molar-refractivity contribution in [3.63, 3.8) is 0 Å². The van der Waals surface area contributed by atoms with E-state index < -0.39 is 0 Å². The molecule has 1 amide bonds. The molecule has 5 nitrogen and oxygen atoms in total. The summed E-state index contributed by atoms with van der Waals surface area (Å²) in [5, 5.41) is 3.70. The normalized spacial score (nSPS) is 14.6. The van der Waals surface area contributed by atoms with Crippen molar-refractivity contribution in [2.75, 3.05) is 31.6 Å². The number of aromatic nitrogens is 1. The number of rotatable bonds is 7. The largest absolute Gasteiger partial charge is 0.379 e. The number of benzene rings is 3. The van der Waals surface area contributed by atoms with Gasteiger partial charge in [0.25, 0.3) is 0 Å². The molecule has 1 aliphatic heterocycles. The van der Waals surface area contributed by atoms with Crippen molar-refractivity contribution in [1.82, 2.24) is 9.88 Å². The highest BCUT2D eigenvalue weighted by molar-refractivity contribution is 7.22. The summed E-state index contributed by atoms with van der Waals surface area (Å²) in [6, 6.07) is 26.8. The second-order valence-corrected chi connectivity index (χ2v) is 9.37. The molecule has 0 bridgehead atoms. The molecule has 6 heteroatoms. The van der Waals surface area contributed by atoms with E-state index in [1.807, 2.05) is 42.5 Å². The Labute approximate surface area is 198 Å². The molecule has 33 heavy (non-hydrogen) atoms.